The van der Waals surface area contributed by atoms with E-state index in [1.165, 1.54) is 22.3 Å². The van der Waals surface area contributed by atoms with Crippen molar-refractivity contribution in [1.29, 1.82) is 0 Å². The predicted octanol–water partition coefficient (Wildman–Crippen LogP) is 5.52. The number of nitrogens with zero attached hydrogens (tertiary/aromatic N) is 2. The number of hydrogen-bond acceptors (Lipinski definition) is 4. The van der Waals surface area contributed by atoms with E-state index in [1.807, 2.05) is 30.3 Å². The second-order valence-electron chi connectivity index (χ2n) is 8.10. The first-order chi connectivity index (χ1) is 15.6. The minimum absolute atomic E-state index is 0.150. The van der Waals surface area contributed by atoms with Crippen LogP contribution in [0.3, 0.4) is 0 Å². The Morgan fingerprint density at radius 3 is 2.53 bits per heavy atom. The lowest BCUT2D eigenvalue weighted by molar-refractivity contribution is 0.107. The zero-order valence-corrected chi connectivity index (χ0v) is 20.2. The van der Waals surface area contributed by atoms with Gasteiger partial charge in [0.05, 0.1) is 26.4 Å². The van der Waals surface area contributed by atoms with Crippen molar-refractivity contribution in [3.05, 3.63) is 99.5 Å². The van der Waals surface area contributed by atoms with Gasteiger partial charge < -0.3 is 14.4 Å². The molecule has 1 aliphatic rings. The fourth-order valence-corrected chi connectivity index (χ4v) is 4.54. The van der Waals surface area contributed by atoms with Crippen LogP contribution < -0.4 is 4.74 Å². The average Bonchev–Trinajstić information content (AvgIpc) is 3.18. The van der Waals surface area contributed by atoms with E-state index >= 15 is 0 Å². The molecule has 1 unspecified atom stereocenters. The largest absolute Gasteiger partial charge is 0.496 e. The minimum atomic E-state index is 0.150. The smallest absolute Gasteiger partial charge is 0.131 e. The molecule has 0 aliphatic carbocycles. The van der Waals surface area contributed by atoms with Crippen molar-refractivity contribution in [2.24, 2.45) is 4.99 Å². The molecule has 5 heteroatoms. The number of hydrogen-bond donors (Lipinski definition) is 0. The van der Waals surface area contributed by atoms with Crippen LogP contribution in [0.5, 0.6) is 5.75 Å². The Morgan fingerprint density at radius 2 is 1.72 bits per heavy atom. The van der Waals surface area contributed by atoms with Crippen LogP contribution in [0.25, 0.3) is 0 Å². The highest BCUT2D eigenvalue weighted by Crippen LogP contribution is 2.26. The van der Waals surface area contributed by atoms with Crippen molar-refractivity contribution in [1.82, 2.24) is 4.90 Å². The minimum Gasteiger partial charge on any atom is -0.496 e. The number of aliphatic imine (C=N–C) groups is 1. The molecule has 0 amide bonds. The fraction of sp³-hybridized carbons (Fsp3) is 0.296. The number of likely N-dealkylation sites (N-methyl/N-ethyl adjacent to an activating group) is 1. The topological polar surface area (TPSA) is 34.1 Å². The molecule has 4 nitrogen and oxygen atoms in total. The quantitative estimate of drug-likeness (QED) is 0.394. The lowest BCUT2D eigenvalue weighted by Gasteiger charge is -2.18. The second-order valence-corrected chi connectivity index (χ2v) is 9.02. The van der Waals surface area contributed by atoms with Gasteiger partial charge in [-0.2, -0.15) is 0 Å². The SMILES string of the molecule is COc1ccc(Br)cc1CCc1ccccc1C1=NC(COCc2ccccc2)CN1C. The molecule has 1 heterocycles. The molecule has 0 bridgehead atoms. The van der Waals surface area contributed by atoms with E-state index in [9.17, 15) is 0 Å². The van der Waals surface area contributed by atoms with Crippen LogP contribution in [0, 0.1) is 0 Å². The summed E-state index contributed by atoms with van der Waals surface area (Å²) in [5.41, 5.74) is 4.89. The number of amidine groups is 1. The summed E-state index contributed by atoms with van der Waals surface area (Å²) < 4.78 is 12.6. The van der Waals surface area contributed by atoms with Crippen LogP contribution in [0.1, 0.15) is 22.3 Å². The second kappa shape index (κ2) is 10.8. The number of benzene rings is 3. The highest BCUT2D eigenvalue weighted by Gasteiger charge is 2.25. The molecule has 4 rings (SSSR count). The summed E-state index contributed by atoms with van der Waals surface area (Å²) in [4.78, 5) is 7.26. The van der Waals surface area contributed by atoms with E-state index in [1.54, 1.807) is 7.11 Å². The molecule has 0 aromatic heterocycles. The molecule has 0 N–H and O–H groups in total. The van der Waals surface area contributed by atoms with E-state index < -0.39 is 0 Å². The van der Waals surface area contributed by atoms with Crippen molar-refractivity contribution in [2.45, 2.75) is 25.5 Å². The van der Waals surface area contributed by atoms with Crippen molar-refractivity contribution in [3.8, 4) is 5.75 Å². The fourth-order valence-electron chi connectivity index (χ4n) is 4.14. The van der Waals surface area contributed by atoms with Gasteiger partial charge in [-0.1, -0.05) is 70.5 Å². The molecule has 3 aromatic carbocycles. The maximum Gasteiger partial charge on any atom is 0.131 e. The van der Waals surface area contributed by atoms with Gasteiger partial charge in [-0.15, -0.1) is 0 Å². The molecule has 0 fully saturated rings. The van der Waals surface area contributed by atoms with Gasteiger partial charge in [-0.25, -0.2) is 0 Å². The van der Waals surface area contributed by atoms with Gasteiger partial charge in [0, 0.05) is 23.6 Å². The van der Waals surface area contributed by atoms with Gasteiger partial charge in [0.1, 0.15) is 11.6 Å². The zero-order chi connectivity index (χ0) is 22.3. The van der Waals surface area contributed by atoms with E-state index in [2.05, 4.69) is 70.3 Å². The third kappa shape index (κ3) is 5.59. The average molecular weight is 493 g/mol. The van der Waals surface area contributed by atoms with Gasteiger partial charge in [-0.05, 0) is 47.7 Å². The zero-order valence-electron chi connectivity index (χ0n) is 18.6. The molecule has 0 spiro atoms. The summed E-state index contributed by atoms with van der Waals surface area (Å²) in [5, 5.41) is 0. The number of aryl methyl sites for hydroxylation is 2. The summed E-state index contributed by atoms with van der Waals surface area (Å²) in [7, 11) is 3.84. The van der Waals surface area contributed by atoms with Crippen molar-refractivity contribution in [2.75, 3.05) is 27.3 Å². The Balaban J connectivity index is 1.44. The summed E-state index contributed by atoms with van der Waals surface area (Å²) in [5.74, 6) is 1.98. The molecule has 0 radical (unpaired) electrons. The van der Waals surface area contributed by atoms with Crippen LogP contribution in [-0.4, -0.2) is 44.1 Å². The monoisotopic (exact) mass is 492 g/mol. The number of ether oxygens (including phenoxy) is 2. The molecule has 0 saturated heterocycles. The van der Waals surface area contributed by atoms with Gasteiger partial charge in [-0.3, -0.25) is 4.99 Å². The lowest BCUT2D eigenvalue weighted by Crippen LogP contribution is -2.27. The Bertz CT molecular complexity index is 1070. The van der Waals surface area contributed by atoms with E-state index in [0.29, 0.717) is 13.2 Å². The Labute approximate surface area is 199 Å². The number of rotatable bonds is 9. The van der Waals surface area contributed by atoms with E-state index in [-0.39, 0.29) is 6.04 Å². The summed E-state index contributed by atoms with van der Waals surface area (Å²) in [6, 6.07) is 25.2. The molecule has 1 atom stereocenters. The molecule has 3 aromatic rings. The Kier molecular flexibility index (Phi) is 7.61. The summed E-state index contributed by atoms with van der Waals surface area (Å²) in [6.07, 6.45) is 1.82. The summed E-state index contributed by atoms with van der Waals surface area (Å²) >= 11 is 3.58. The predicted molar refractivity (Wildman–Crippen MR) is 134 cm³/mol. The number of halogens is 1. The lowest BCUT2D eigenvalue weighted by atomic mass is 9.98. The van der Waals surface area contributed by atoms with Crippen LogP contribution in [-0.2, 0) is 24.2 Å². The van der Waals surface area contributed by atoms with Crippen LogP contribution in [0.4, 0.5) is 0 Å². The maximum atomic E-state index is 5.96. The van der Waals surface area contributed by atoms with Crippen LogP contribution in [0.15, 0.2) is 82.3 Å². The standard InChI is InChI=1S/C27H29BrN2O2/c1-30-17-24(19-32-18-20-8-4-3-5-9-20)29-27(30)25-11-7-6-10-21(25)12-13-22-16-23(28)14-15-26(22)31-2/h3-11,14-16,24H,12-13,17-19H2,1-2H3. The molecule has 1 aliphatic heterocycles. The van der Waals surface area contributed by atoms with Gasteiger partial charge >= 0.3 is 0 Å². The third-order valence-corrected chi connectivity index (χ3v) is 6.23. The summed E-state index contributed by atoms with van der Waals surface area (Å²) in [6.45, 7) is 2.12. The van der Waals surface area contributed by atoms with Crippen molar-refractivity contribution < 1.29 is 9.47 Å². The first-order valence-corrected chi connectivity index (χ1v) is 11.7. The molecular formula is C27H29BrN2O2. The number of methoxy groups -OCH3 is 1. The Hall–Kier alpha value is -2.63. The highest BCUT2D eigenvalue weighted by atomic mass is 79.9. The normalized spacial score (nSPS) is 15.7. The molecular weight excluding hydrogens is 464 g/mol. The first-order valence-electron chi connectivity index (χ1n) is 11.0. The Morgan fingerprint density at radius 1 is 0.969 bits per heavy atom. The van der Waals surface area contributed by atoms with E-state index in [4.69, 9.17) is 14.5 Å². The van der Waals surface area contributed by atoms with Crippen LogP contribution >= 0.6 is 15.9 Å². The highest BCUT2D eigenvalue weighted by molar-refractivity contribution is 9.10. The molecule has 0 saturated carbocycles. The molecule has 32 heavy (non-hydrogen) atoms. The molecule has 166 valence electrons. The van der Waals surface area contributed by atoms with Crippen molar-refractivity contribution >= 4 is 21.8 Å². The maximum absolute atomic E-state index is 5.96. The van der Waals surface area contributed by atoms with Gasteiger partial charge in [0.15, 0.2) is 0 Å². The first kappa shape index (κ1) is 22.6. The van der Waals surface area contributed by atoms with Crippen LogP contribution in [0.2, 0.25) is 0 Å². The van der Waals surface area contributed by atoms with E-state index in [0.717, 1.165) is 35.4 Å². The van der Waals surface area contributed by atoms with Gasteiger partial charge in [0.2, 0.25) is 0 Å². The van der Waals surface area contributed by atoms with Crippen molar-refractivity contribution in [3.63, 3.8) is 0 Å². The van der Waals surface area contributed by atoms with Gasteiger partial charge in [0.25, 0.3) is 0 Å². The third-order valence-electron chi connectivity index (χ3n) is 5.74.